The van der Waals surface area contributed by atoms with Crippen molar-refractivity contribution in [2.45, 2.75) is 6.92 Å². The lowest BCUT2D eigenvalue weighted by molar-refractivity contribution is -0.112. The summed E-state index contributed by atoms with van der Waals surface area (Å²) in [6.07, 6.45) is 0. The van der Waals surface area contributed by atoms with Crippen molar-refractivity contribution < 1.29 is 14.7 Å². The van der Waals surface area contributed by atoms with Crippen molar-refractivity contribution in [1.82, 2.24) is 0 Å². The smallest absolute Gasteiger partial charge is 0.255 e. The number of nitrogens with one attached hydrogen (secondary N) is 2. The van der Waals surface area contributed by atoms with E-state index in [0.29, 0.717) is 16.8 Å². The molecular formula is C17H16N2O3. The van der Waals surface area contributed by atoms with Crippen LogP contribution >= 0.6 is 0 Å². The summed E-state index contributed by atoms with van der Waals surface area (Å²) in [5.41, 5.74) is 1.54. The molecule has 0 spiro atoms. The van der Waals surface area contributed by atoms with Crippen LogP contribution in [-0.2, 0) is 4.79 Å². The number of phenols is 1. The average molecular weight is 296 g/mol. The van der Waals surface area contributed by atoms with E-state index >= 15 is 0 Å². The van der Waals surface area contributed by atoms with Gasteiger partial charge in [-0.2, -0.15) is 0 Å². The van der Waals surface area contributed by atoms with Crippen LogP contribution in [0.4, 0.5) is 11.4 Å². The number of phenolic OH excluding ortho intramolecular Hbond substituents is 1. The SMILES string of the molecule is C=C(C)C(=O)Nc1ccc(NC(=O)c2ccccc2)c(O)c1. The Morgan fingerprint density at radius 2 is 1.73 bits per heavy atom. The van der Waals surface area contributed by atoms with Crippen LogP contribution in [0.25, 0.3) is 0 Å². The largest absolute Gasteiger partial charge is 0.506 e. The van der Waals surface area contributed by atoms with Crippen molar-refractivity contribution in [3.8, 4) is 5.75 Å². The monoisotopic (exact) mass is 296 g/mol. The molecule has 3 N–H and O–H groups in total. The second-order valence-corrected chi connectivity index (χ2v) is 4.79. The Hall–Kier alpha value is -3.08. The Morgan fingerprint density at radius 1 is 1.05 bits per heavy atom. The van der Waals surface area contributed by atoms with Gasteiger partial charge in [-0.15, -0.1) is 0 Å². The van der Waals surface area contributed by atoms with Crippen molar-refractivity contribution in [2.24, 2.45) is 0 Å². The number of anilines is 2. The van der Waals surface area contributed by atoms with Gasteiger partial charge in [0.2, 0.25) is 0 Å². The highest BCUT2D eigenvalue weighted by molar-refractivity contribution is 6.06. The van der Waals surface area contributed by atoms with Crippen LogP contribution in [0.5, 0.6) is 5.75 Å². The number of aromatic hydroxyl groups is 1. The number of amides is 2. The first kappa shape index (κ1) is 15.3. The van der Waals surface area contributed by atoms with Crippen molar-refractivity contribution in [2.75, 3.05) is 10.6 Å². The van der Waals surface area contributed by atoms with Crippen LogP contribution in [-0.4, -0.2) is 16.9 Å². The molecule has 2 aromatic carbocycles. The summed E-state index contributed by atoms with van der Waals surface area (Å²) in [5, 5.41) is 15.1. The lowest BCUT2D eigenvalue weighted by Gasteiger charge is -2.10. The lowest BCUT2D eigenvalue weighted by Crippen LogP contribution is -2.13. The Kier molecular flexibility index (Phi) is 4.58. The minimum Gasteiger partial charge on any atom is -0.506 e. The minimum absolute atomic E-state index is 0.135. The summed E-state index contributed by atoms with van der Waals surface area (Å²) in [6.45, 7) is 5.12. The molecule has 2 aromatic rings. The van der Waals surface area contributed by atoms with Crippen LogP contribution in [0.1, 0.15) is 17.3 Å². The first-order chi connectivity index (χ1) is 10.5. The van der Waals surface area contributed by atoms with Crippen LogP contribution < -0.4 is 10.6 Å². The third-order valence-electron chi connectivity index (χ3n) is 2.93. The van der Waals surface area contributed by atoms with Gasteiger partial charge in [-0.25, -0.2) is 0 Å². The average Bonchev–Trinajstić information content (AvgIpc) is 2.50. The lowest BCUT2D eigenvalue weighted by atomic mass is 10.2. The molecule has 112 valence electrons. The van der Waals surface area contributed by atoms with Gasteiger partial charge in [-0.3, -0.25) is 9.59 Å². The third-order valence-corrected chi connectivity index (χ3v) is 2.93. The molecule has 2 amide bonds. The van der Waals surface area contributed by atoms with Crippen molar-refractivity contribution in [3.05, 3.63) is 66.2 Å². The van der Waals surface area contributed by atoms with Crippen molar-refractivity contribution in [3.63, 3.8) is 0 Å². The van der Waals surface area contributed by atoms with E-state index in [4.69, 9.17) is 0 Å². The molecule has 2 rings (SSSR count). The van der Waals surface area contributed by atoms with Gasteiger partial charge in [0.1, 0.15) is 5.75 Å². The standard InChI is InChI=1S/C17H16N2O3/c1-11(2)16(21)18-13-8-9-14(15(20)10-13)19-17(22)12-6-4-3-5-7-12/h3-10,20H,1H2,2H3,(H,18,21)(H,19,22). The second-order valence-electron chi connectivity index (χ2n) is 4.79. The first-order valence-electron chi connectivity index (χ1n) is 6.63. The zero-order chi connectivity index (χ0) is 16.1. The fraction of sp³-hybridized carbons (Fsp3) is 0.0588. The van der Waals surface area contributed by atoms with Crippen LogP contribution in [0.2, 0.25) is 0 Å². The van der Waals surface area contributed by atoms with Gasteiger partial charge in [0.15, 0.2) is 0 Å². The maximum atomic E-state index is 12.0. The Bertz CT molecular complexity index is 724. The van der Waals surface area contributed by atoms with Gasteiger partial charge in [0.25, 0.3) is 11.8 Å². The maximum absolute atomic E-state index is 12.0. The van der Waals surface area contributed by atoms with E-state index in [1.54, 1.807) is 37.3 Å². The fourth-order valence-corrected chi connectivity index (χ4v) is 1.74. The molecule has 5 nitrogen and oxygen atoms in total. The summed E-state index contributed by atoms with van der Waals surface area (Å²) in [5.74, 6) is -0.793. The highest BCUT2D eigenvalue weighted by Crippen LogP contribution is 2.27. The molecule has 0 aliphatic carbocycles. The molecule has 0 fully saturated rings. The molecule has 0 saturated carbocycles. The molecule has 0 aliphatic heterocycles. The zero-order valence-corrected chi connectivity index (χ0v) is 12.1. The zero-order valence-electron chi connectivity index (χ0n) is 12.1. The van der Waals surface area contributed by atoms with E-state index < -0.39 is 0 Å². The van der Waals surface area contributed by atoms with E-state index in [0.717, 1.165) is 0 Å². The van der Waals surface area contributed by atoms with E-state index in [2.05, 4.69) is 17.2 Å². The predicted molar refractivity (Wildman–Crippen MR) is 85.9 cm³/mol. The van der Waals surface area contributed by atoms with Crippen LogP contribution in [0.3, 0.4) is 0 Å². The molecular weight excluding hydrogens is 280 g/mol. The first-order valence-corrected chi connectivity index (χ1v) is 6.63. The number of carbonyl (C=O) groups excluding carboxylic acids is 2. The quantitative estimate of drug-likeness (QED) is 0.599. The summed E-state index contributed by atoms with van der Waals surface area (Å²) < 4.78 is 0. The molecule has 0 saturated heterocycles. The molecule has 0 aromatic heterocycles. The molecule has 0 aliphatic rings. The van der Waals surface area contributed by atoms with Gasteiger partial charge in [-0.1, -0.05) is 24.8 Å². The molecule has 0 bridgehead atoms. The van der Waals surface area contributed by atoms with Crippen molar-refractivity contribution in [1.29, 1.82) is 0 Å². The molecule has 0 atom stereocenters. The van der Waals surface area contributed by atoms with Gasteiger partial charge in [0, 0.05) is 22.9 Å². The molecule has 0 radical (unpaired) electrons. The van der Waals surface area contributed by atoms with Crippen molar-refractivity contribution >= 4 is 23.2 Å². The highest BCUT2D eigenvalue weighted by Gasteiger charge is 2.10. The Morgan fingerprint density at radius 3 is 2.32 bits per heavy atom. The Labute approximate surface area is 128 Å². The Balaban J connectivity index is 2.12. The normalized spacial score (nSPS) is 9.86. The van der Waals surface area contributed by atoms with E-state index in [1.165, 1.54) is 12.1 Å². The predicted octanol–water partition coefficient (Wildman–Crippen LogP) is 3.16. The topological polar surface area (TPSA) is 78.4 Å². The maximum Gasteiger partial charge on any atom is 0.255 e. The van der Waals surface area contributed by atoms with E-state index in [1.807, 2.05) is 6.07 Å². The number of hydrogen-bond donors (Lipinski definition) is 3. The second kappa shape index (κ2) is 6.58. The molecule has 0 heterocycles. The number of rotatable bonds is 4. The van der Waals surface area contributed by atoms with Gasteiger partial charge < -0.3 is 15.7 Å². The van der Waals surface area contributed by atoms with Gasteiger partial charge >= 0.3 is 0 Å². The third kappa shape index (κ3) is 3.73. The fourth-order valence-electron chi connectivity index (χ4n) is 1.74. The summed E-state index contributed by atoms with van der Waals surface area (Å²) in [4.78, 5) is 23.5. The highest BCUT2D eigenvalue weighted by atomic mass is 16.3. The van der Waals surface area contributed by atoms with Gasteiger partial charge in [0.05, 0.1) is 5.69 Å². The number of hydrogen-bond acceptors (Lipinski definition) is 3. The molecule has 5 heteroatoms. The summed E-state index contributed by atoms with van der Waals surface area (Å²) in [7, 11) is 0. The molecule has 22 heavy (non-hydrogen) atoms. The van der Waals surface area contributed by atoms with Crippen LogP contribution in [0, 0.1) is 0 Å². The van der Waals surface area contributed by atoms with Crippen LogP contribution in [0.15, 0.2) is 60.7 Å². The van der Waals surface area contributed by atoms with E-state index in [-0.39, 0.29) is 23.3 Å². The number of carbonyl (C=O) groups is 2. The van der Waals surface area contributed by atoms with Gasteiger partial charge in [-0.05, 0) is 31.2 Å². The van der Waals surface area contributed by atoms with E-state index in [9.17, 15) is 14.7 Å². The molecule has 0 unspecified atom stereocenters. The number of benzene rings is 2. The summed E-state index contributed by atoms with van der Waals surface area (Å²) >= 11 is 0. The minimum atomic E-state index is -0.333. The summed E-state index contributed by atoms with van der Waals surface area (Å²) in [6, 6.07) is 13.1.